The van der Waals surface area contributed by atoms with Crippen LogP contribution in [0.3, 0.4) is 0 Å². The Morgan fingerprint density at radius 1 is 1.04 bits per heavy atom. The molecule has 0 bridgehead atoms. The largest absolute Gasteiger partial charge is 0.497 e. The number of aromatic nitrogens is 1. The van der Waals surface area contributed by atoms with Crippen LogP contribution in [0, 0.1) is 0 Å². The summed E-state index contributed by atoms with van der Waals surface area (Å²) in [5, 5.41) is 7.33. The van der Waals surface area contributed by atoms with Crippen molar-refractivity contribution in [3.8, 4) is 5.75 Å². The van der Waals surface area contributed by atoms with Gasteiger partial charge >= 0.3 is 0 Å². The fourth-order valence-electron chi connectivity index (χ4n) is 3.09. The molecule has 0 saturated heterocycles. The summed E-state index contributed by atoms with van der Waals surface area (Å²) in [5.41, 5.74) is 5.84. The first kappa shape index (κ1) is 16.8. The summed E-state index contributed by atoms with van der Waals surface area (Å²) >= 11 is 0. The maximum Gasteiger partial charge on any atom is 0.273 e. The summed E-state index contributed by atoms with van der Waals surface area (Å²) in [6, 6.07) is 19.7. The molecule has 4 aromatic rings. The number of fused-ring (bicyclic) bond motifs is 2. The molecule has 5 heteroatoms. The summed E-state index contributed by atoms with van der Waals surface area (Å²) in [7, 11) is 1.66. The average Bonchev–Trinajstić information content (AvgIpc) is 3.15. The smallest absolute Gasteiger partial charge is 0.273 e. The summed E-state index contributed by atoms with van der Waals surface area (Å²) < 4.78 is 5.26. The highest BCUT2D eigenvalue weighted by molar-refractivity contribution is 6.08. The fourth-order valence-corrected chi connectivity index (χ4v) is 3.09. The Kier molecular flexibility index (Phi) is 4.34. The lowest BCUT2D eigenvalue weighted by molar-refractivity contribution is 0.0956. The number of H-pyrrole nitrogens is 1. The van der Waals surface area contributed by atoms with Crippen molar-refractivity contribution in [1.82, 2.24) is 10.4 Å². The number of nitrogens with one attached hydrogen (secondary N) is 2. The number of hydrogen-bond donors (Lipinski definition) is 2. The number of methoxy groups -OCH3 is 1. The third kappa shape index (κ3) is 3.27. The van der Waals surface area contributed by atoms with Gasteiger partial charge < -0.3 is 9.72 Å². The maximum absolute atomic E-state index is 12.5. The van der Waals surface area contributed by atoms with Crippen LogP contribution in [-0.4, -0.2) is 23.7 Å². The standard InChI is InChI=1S/C22H19N3O2/c1-14(15-7-8-17-12-18(27-2)10-9-16(17)11-15)24-25-22(26)20-13-23-21-6-4-3-5-19(20)21/h3-13,23H,1-2H3,(H,25,26). The van der Waals surface area contributed by atoms with E-state index in [0.717, 1.165) is 38.7 Å². The van der Waals surface area contributed by atoms with Crippen LogP contribution in [0.25, 0.3) is 21.7 Å². The van der Waals surface area contributed by atoms with Gasteiger partial charge in [-0.25, -0.2) is 5.43 Å². The number of carbonyl (C=O) groups excluding carboxylic acids is 1. The molecule has 134 valence electrons. The second kappa shape index (κ2) is 6.96. The number of ether oxygens (including phenoxy) is 1. The van der Waals surface area contributed by atoms with Crippen molar-refractivity contribution < 1.29 is 9.53 Å². The van der Waals surface area contributed by atoms with E-state index in [1.165, 1.54) is 0 Å². The zero-order chi connectivity index (χ0) is 18.8. The second-order valence-electron chi connectivity index (χ2n) is 6.31. The Morgan fingerprint density at radius 3 is 2.67 bits per heavy atom. The van der Waals surface area contributed by atoms with Gasteiger partial charge in [-0.3, -0.25) is 4.79 Å². The average molecular weight is 357 g/mol. The molecule has 0 unspecified atom stereocenters. The molecule has 0 saturated carbocycles. The predicted molar refractivity (Wildman–Crippen MR) is 108 cm³/mol. The normalized spacial score (nSPS) is 11.7. The molecule has 1 aromatic heterocycles. The number of rotatable bonds is 4. The van der Waals surface area contributed by atoms with Gasteiger partial charge in [0.2, 0.25) is 0 Å². The van der Waals surface area contributed by atoms with Gasteiger partial charge in [0.1, 0.15) is 5.75 Å². The van der Waals surface area contributed by atoms with Gasteiger partial charge in [0.15, 0.2) is 0 Å². The Morgan fingerprint density at radius 2 is 1.81 bits per heavy atom. The topological polar surface area (TPSA) is 66.5 Å². The van der Waals surface area contributed by atoms with E-state index in [4.69, 9.17) is 4.74 Å². The lowest BCUT2D eigenvalue weighted by Crippen LogP contribution is -2.19. The van der Waals surface area contributed by atoms with Gasteiger partial charge in [-0.1, -0.05) is 36.4 Å². The number of benzene rings is 3. The summed E-state index contributed by atoms with van der Waals surface area (Å²) in [6.07, 6.45) is 1.70. The fraction of sp³-hybridized carbons (Fsp3) is 0.0909. The third-order valence-corrected chi connectivity index (χ3v) is 4.62. The van der Waals surface area contributed by atoms with E-state index >= 15 is 0 Å². The van der Waals surface area contributed by atoms with E-state index in [0.29, 0.717) is 5.56 Å². The molecule has 1 heterocycles. The zero-order valence-corrected chi connectivity index (χ0v) is 15.1. The summed E-state index contributed by atoms with van der Waals surface area (Å²) in [5.74, 6) is 0.587. The monoisotopic (exact) mass is 357 g/mol. The molecule has 0 spiro atoms. The van der Waals surface area contributed by atoms with E-state index in [2.05, 4.69) is 15.5 Å². The van der Waals surface area contributed by atoms with Crippen molar-refractivity contribution in [3.05, 3.63) is 78.0 Å². The van der Waals surface area contributed by atoms with Crippen molar-refractivity contribution in [1.29, 1.82) is 0 Å². The summed E-state index contributed by atoms with van der Waals surface area (Å²) in [6.45, 7) is 1.88. The molecule has 0 aliphatic rings. The van der Waals surface area contributed by atoms with E-state index < -0.39 is 0 Å². The molecule has 27 heavy (non-hydrogen) atoms. The zero-order valence-electron chi connectivity index (χ0n) is 15.1. The molecule has 5 nitrogen and oxygen atoms in total. The molecule has 0 atom stereocenters. The maximum atomic E-state index is 12.5. The van der Waals surface area contributed by atoms with Gasteiger partial charge in [-0.2, -0.15) is 5.10 Å². The minimum Gasteiger partial charge on any atom is -0.497 e. The van der Waals surface area contributed by atoms with Crippen LogP contribution in [0.1, 0.15) is 22.8 Å². The quantitative estimate of drug-likeness (QED) is 0.418. The van der Waals surface area contributed by atoms with Crippen LogP contribution in [0.2, 0.25) is 0 Å². The van der Waals surface area contributed by atoms with Crippen LogP contribution >= 0.6 is 0 Å². The van der Waals surface area contributed by atoms with Crippen LogP contribution in [0.15, 0.2) is 72.0 Å². The Hall–Kier alpha value is -3.60. The van der Waals surface area contributed by atoms with Crippen LogP contribution < -0.4 is 10.2 Å². The predicted octanol–water partition coefficient (Wildman–Crippen LogP) is 4.48. The minimum absolute atomic E-state index is 0.239. The Bertz CT molecular complexity index is 1170. The third-order valence-electron chi connectivity index (χ3n) is 4.62. The van der Waals surface area contributed by atoms with E-state index in [-0.39, 0.29) is 5.91 Å². The van der Waals surface area contributed by atoms with E-state index in [1.807, 2.05) is 67.6 Å². The molecule has 2 N–H and O–H groups in total. The van der Waals surface area contributed by atoms with Gasteiger partial charge in [-0.15, -0.1) is 0 Å². The first-order valence-electron chi connectivity index (χ1n) is 8.64. The first-order valence-corrected chi connectivity index (χ1v) is 8.64. The molecular formula is C22H19N3O2. The molecule has 0 aliphatic carbocycles. The van der Waals surface area contributed by atoms with Crippen LogP contribution in [-0.2, 0) is 0 Å². The number of hydrazone groups is 1. The highest BCUT2D eigenvalue weighted by Gasteiger charge is 2.11. The van der Waals surface area contributed by atoms with Crippen LogP contribution in [0.5, 0.6) is 5.75 Å². The molecule has 3 aromatic carbocycles. The molecule has 0 radical (unpaired) electrons. The number of hydrogen-bond acceptors (Lipinski definition) is 3. The van der Waals surface area contributed by atoms with Gasteiger partial charge in [0.05, 0.1) is 18.4 Å². The molecular weight excluding hydrogens is 338 g/mol. The highest BCUT2D eigenvalue weighted by Crippen LogP contribution is 2.22. The van der Waals surface area contributed by atoms with Crippen LogP contribution in [0.4, 0.5) is 0 Å². The van der Waals surface area contributed by atoms with Crippen molar-refractivity contribution in [2.24, 2.45) is 5.10 Å². The second-order valence-corrected chi connectivity index (χ2v) is 6.31. The van der Waals surface area contributed by atoms with E-state index in [1.54, 1.807) is 13.3 Å². The first-order chi connectivity index (χ1) is 13.2. The molecule has 0 fully saturated rings. The molecule has 4 rings (SSSR count). The highest BCUT2D eigenvalue weighted by atomic mass is 16.5. The number of amides is 1. The van der Waals surface area contributed by atoms with Gasteiger partial charge in [0.25, 0.3) is 5.91 Å². The number of carbonyl (C=O) groups is 1. The van der Waals surface area contributed by atoms with Gasteiger partial charge in [0, 0.05) is 17.1 Å². The number of nitrogens with zero attached hydrogens (tertiary/aromatic N) is 1. The summed E-state index contributed by atoms with van der Waals surface area (Å²) in [4.78, 5) is 15.6. The van der Waals surface area contributed by atoms with Gasteiger partial charge in [-0.05, 0) is 47.5 Å². The minimum atomic E-state index is -0.239. The van der Waals surface area contributed by atoms with E-state index in [9.17, 15) is 4.79 Å². The van der Waals surface area contributed by atoms with Crippen molar-refractivity contribution >= 4 is 33.3 Å². The SMILES string of the molecule is COc1ccc2cc(C(C)=NNC(=O)c3c[nH]c4ccccc34)ccc2c1. The van der Waals surface area contributed by atoms with Crippen molar-refractivity contribution in [3.63, 3.8) is 0 Å². The molecule has 1 amide bonds. The Balaban J connectivity index is 1.57. The number of para-hydroxylation sites is 1. The molecule has 0 aliphatic heterocycles. The van der Waals surface area contributed by atoms with Crippen molar-refractivity contribution in [2.75, 3.05) is 7.11 Å². The van der Waals surface area contributed by atoms with Crippen molar-refractivity contribution in [2.45, 2.75) is 6.92 Å². The number of aromatic amines is 1. The lowest BCUT2D eigenvalue weighted by Gasteiger charge is -2.06. The lowest BCUT2D eigenvalue weighted by atomic mass is 10.0. The Labute approximate surface area is 156 Å².